The van der Waals surface area contributed by atoms with Crippen molar-refractivity contribution in [2.45, 2.75) is 51.7 Å². The van der Waals surface area contributed by atoms with Crippen molar-refractivity contribution in [1.82, 2.24) is 5.32 Å². The van der Waals surface area contributed by atoms with E-state index in [-0.39, 0.29) is 11.9 Å². The summed E-state index contributed by atoms with van der Waals surface area (Å²) in [4.78, 5) is 12.4. The Labute approximate surface area is 124 Å². The maximum atomic E-state index is 14.0. The van der Waals surface area contributed by atoms with Gasteiger partial charge < -0.3 is 10.4 Å². The van der Waals surface area contributed by atoms with Gasteiger partial charge in [0.25, 0.3) is 5.91 Å². The minimum absolute atomic E-state index is 0.242. The van der Waals surface area contributed by atoms with Crippen LogP contribution < -0.4 is 5.32 Å². The van der Waals surface area contributed by atoms with Crippen molar-refractivity contribution < 1.29 is 14.3 Å². The van der Waals surface area contributed by atoms with Crippen molar-refractivity contribution in [3.8, 4) is 0 Å². The van der Waals surface area contributed by atoms with E-state index in [1.54, 1.807) is 32.1 Å². The van der Waals surface area contributed by atoms with E-state index < -0.39 is 11.9 Å². The minimum atomic E-state index is -0.512. The molecule has 0 saturated heterocycles. The molecule has 3 nitrogen and oxygen atoms in total. The molecule has 2 atom stereocenters. The minimum Gasteiger partial charge on any atom is -0.391 e. The highest BCUT2D eigenvalue weighted by atomic mass is 19.1. The van der Waals surface area contributed by atoms with Gasteiger partial charge in [-0.25, -0.2) is 4.39 Å². The molecule has 1 fully saturated rings. The molecule has 1 unspecified atom stereocenters. The number of carbonyl (C=O) groups is 1. The molecule has 1 amide bonds. The number of rotatable bonds is 3. The second kappa shape index (κ2) is 6.85. The van der Waals surface area contributed by atoms with Gasteiger partial charge in [0.1, 0.15) is 5.82 Å². The van der Waals surface area contributed by atoms with Crippen molar-refractivity contribution in [2.24, 2.45) is 0 Å². The fraction of sp³-hybridized carbons (Fsp3) is 0.471. The maximum Gasteiger partial charge on any atom is 0.251 e. The first kappa shape index (κ1) is 15.7. The van der Waals surface area contributed by atoms with Gasteiger partial charge in [0, 0.05) is 11.1 Å². The lowest BCUT2D eigenvalue weighted by Crippen LogP contribution is -2.45. The van der Waals surface area contributed by atoms with E-state index in [2.05, 4.69) is 5.32 Å². The van der Waals surface area contributed by atoms with E-state index in [4.69, 9.17) is 0 Å². The van der Waals surface area contributed by atoms with Crippen LogP contribution in [0.15, 0.2) is 24.3 Å². The van der Waals surface area contributed by atoms with E-state index in [0.717, 1.165) is 24.8 Å². The number of nitrogens with one attached hydrogen (secondary N) is 1. The van der Waals surface area contributed by atoms with Crippen molar-refractivity contribution in [3.05, 3.63) is 41.2 Å². The molecule has 0 spiro atoms. The molecule has 2 rings (SSSR count). The molecule has 1 aromatic carbocycles. The lowest BCUT2D eigenvalue weighted by Gasteiger charge is -2.28. The number of aliphatic hydroxyl groups is 1. The molecule has 114 valence electrons. The molecule has 1 aliphatic rings. The first-order chi connectivity index (χ1) is 10.0. The van der Waals surface area contributed by atoms with Crippen LogP contribution >= 0.6 is 0 Å². The fourth-order valence-corrected chi connectivity index (χ4v) is 2.89. The highest BCUT2D eigenvalue weighted by molar-refractivity contribution is 6.20. The third kappa shape index (κ3) is 3.50. The van der Waals surface area contributed by atoms with Gasteiger partial charge in [-0.3, -0.25) is 4.79 Å². The lowest BCUT2D eigenvalue weighted by molar-refractivity contribution is -0.117. The molecule has 0 radical (unpaired) electrons. The van der Waals surface area contributed by atoms with Crippen LogP contribution in [-0.4, -0.2) is 23.2 Å². The number of aliphatic hydroxyl groups excluding tert-OH is 1. The third-order valence-electron chi connectivity index (χ3n) is 4.07. The van der Waals surface area contributed by atoms with E-state index in [1.807, 2.05) is 0 Å². The Morgan fingerprint density at radius 3 is 2.71 bits per heavy atom. The average Bonchev–Trinajstić information content (AvgIpc) is 2.45. The fourth-order valence-electron chi connectivity index (χ4n) is 2.89. The smallest absolute Gasteiger partial charge is 0.251 e. The van der Waals surface area contributed by atoms with Crippen LogP contribution in [0.1, 0.15) is 43.7 Å². The Kier molecular flexibility index (Phi) is 5.12. The van der Waals surface area contributed by atoms with E-state index in [0.29, 0.717) is 17.6 Å². The van der Waals surface area contributed by atoms with Gasteiger partial charge in [-0.05, 0) is 38.3 Å². The Bertz CT molecular complexity index is 533. The second-order valence-corrected chi connectivity index (χ2v) is 5.57. The lowest BCUT2D eigenvalue weighted by atomic mass is 9.91. The molecule has 1 aliphatic carbocycles. The first-order valence-corrected chi connectivity index (χ1v) is 7.45. The summed E-state index contributed by atoms with van der Waals surface area (Å²) >= 11 is 0. The highest BCUT2D eigenvalue weighted by Gasteiger charge is 2.26. The standard InChI is InChI=1S/C17H22FNO2/c1-3-12(16-11(2)7-6-8-13(16)18)17(21)19-14-9-4-5-10-15(14)20/h3,6-8,14-15,20H,4-5,9-10H2,1-2H3,(H,19,21)/b12-3+/t14?,15-/m0/s1. The number of carbonyl (C=O) groups excluding carboxylic acids is 1. The van der Waals surface area contributed by atoms with Gasteiger partial charge in [0.05, 0.1) is 12.1 Å². The topological polar surface area (TPSA) is 49.3 Å². The van der Waals surface area contributed by atoms with Gasteiger partial charge in [0.2, 0.25) is 0 Å². The summed E-state index contributed by atoms with van der Waals surface area (Å²) in [5.41, 5.74) is 1.38. The van der Waals surface area contributed by atoms with Crippen molar-refractivity contribution in [1.29, 1.82) is 0 Å². The van der Waals surface area contributed by atoms with Crippen LogP contribution in [-0.2, 0) is 4.79 Å². The molecule has 4 heteroatoms. The molecular weight excluding hydrogens is 269 g/mol. The van der Waals surface area contributed by atoms with Crippen LogP contribution in [0.25, 0.3) is 5.57 Å². The van der Waals surface area contributed by atoms with Crippen LogP contribution in [0.4, 0.5) is 4.39 Å². The maximum absolute atomic E-state index is 14.0. The zero-order valence-electron chi connectivity index (χ0n) is 12.5. The van der Waals surface area contributed by atoms with E-state index >= 15 is 0 Å². The molecule has 1 aromatic rings. The Morgan fingerprint density at radius 2 is 2.10 bits per heavy atom. The number of allylic oxidation sites excluding steroid dienone is 1. The molecular formula is C17H22FNO2. The van der Waals surface area contributed by atoms with Gasteiger partial charge in [-0.1, -0.05) is 31.1 Å². The summed E-state index contributed by atoms with van der Waals surface area (Å²) in [6.45, 7) is 3.50. The third-order valence-corrected chi connectivity index (χ3v) is 4.07. The quantitative estimate of drug-likeness (QED) is 0.841. The molecule has 0 aromatic heterocycles. The van der Waals surface area contributed by atoms with Crippen molar-refractivity contribution in [2.75, 3.05) is 0 Å². The van der Waals surface area contributed by atoms with Crippen LogP contribution in [0, 0.1) is 12.7 Å². The summed E-state index contributed by atoms with van der Waals surface area (Å²) < 4.78 is 14.0. The summed E-state index contributed by atoms with van der Waals surface area (Å²) in [7, 11) is 0. The summed E-state index contributed by atoms with van der Waals surface area (Å²) in [5, 5.41) is 12.8. The zero-order valence-corrected chi connectivity index (χ0v) is 12.5. The van der Waals surface area contributed by atoms with Gasteiger partial charge >= 0.3 is 0 Å². The Morgan fingerprint density at radius 1 is 1.38 bits per heavy atom. The second-order valence-electron chi connectivity index (χ2n) is 5.57. The molecule has 1 saturated carbocycles. The molecule has 2 N–H and O–H groups in total. The average molecular weight is 291 g/mol. The molecule has 21 heavy (non-hydrogen) atoms. The number of hydrogen-bond donors (Lipinski definition) is 2. The summed E-state index contributed by atoms with van der Waals surface area (Å²) in [6.07, 6.45) is 4.55. The number of amides is 1. The number of aryl methyl sites for hydroxylation is 1. The monoisotopic (exact) mass is 291 g/mol. The highest BCUT2D eigenvalue weighted by Crippen LogP contribution is 2.24. The zero-order chi connectivity index (χ0) is 15.4. The van der Waals surface area contributed by atoms with E-state index in [9.17, 15) is 14.3 Å². The van der Waals surface area contributed by atoms with Crippen LogP contribution in [0.5, 0.6) is 0 Å². The number of hydrogen-bond acceptors (Lipinski definition) is 2. The Balaban J connectivity index is 2.20. The normalized spacial score (nSPS) is 23.0. The molecule has 0 heterocycles. The predicted molar refractivity (Wildman–Crippen MR) is 81.2 cm³/mol. The summed E-state index contributed by atoms with van der Waals surface area (Å²) in [6, 6.07) is 4.52. The summed E-state index contributed by atoms with van der Waals surface area (Å²) in [5.74, 6) is -0.723. The number of halogens is 1. The van der Waals surface area contributed by atoms with Crippen molar-refractivity contribution >= 4 is 11.5 Å². The van der Waals surface area contributed by atoms with E-state index in [1.165, 1.54) is 6.07 Å². The van der Waals surface area contributed by atoms with Crippen LogP contribution in [0.3, 0.4) is 0 Å². The van der Waals surface area contributed by atoms with Gasteiger partial charge in [-0.2, -0.15) is 0 Å². The molecule has 0 bridgehead atoms. The first-order valence-electron chi connectivity index (χ1n) is 7.45. The number of benzene rings is 1. The van der Waals surface area contributed by atoms with Gasteiger partial charge in [-0.15, -0.1) is 0 Å². The van der Waals surface area contributed by atoms with Crippen LogP contribution in [0.2, 0.25) is 0 Å². The predicted octanol–water partition coefficient (Wildman–Crippen LogP) is 2.96. The largest absolute Gasteiger partial charge is 0.391 e. The molecule has 0 aliphatic heterocycles. The Hall–Kier alpha value is -1.68. The van der Waals surface area contributed by atoms with Gasteiger partial charge in [0.15, 0.2) is 0 Å². The van der Waals surface area contributed by atoms with Crippen molar-refractivity contribution in [3.63, 3.8) is 0 Å². The SMILES string of the molecule is C/C=C(/C(=O)NC1CCCC[C@@H]1O)c1c(C)cccc1F.